The van der Waals surface area contributed by atoms with Crippen molar-refractivity contribution in [2.75, 3.05) is 0 Å². The van der Waals surface area contributed by atoms with Gasteiger partial charge in [0.1, 0.15) is 5.82 Å². The van der Waals surface area contributed by atoms with Gasteiger partial charge in [-0.2, -0.15) is 0 Å². The Morgan fingerprint density at radius 2 is 1.53 bits per heavy atom. The lowest BCUT2D eigenvalue weighted by Gasteiger charge is -1.99. The van der Waals surface area contributed by atoms with Crippen LogP contribution in [-0.2, 0) is 0 Å². The predicted octanol–water partition coefficient (Wildman–Crippen LogP) is 5.05. The highest BCUT2D eigenvalue weighted by Gasteiger charge is 2.07. The smallest absolute Gasteiger partial charge is 0.138 e. The highest BCUT2D eigenvalue weighted by atomic mass is 35.5. The van der Waals surface area contributed by atoms with Crippen molar-refractivity contribution in [2.24, 2.45) is 0 Å². The number of imidazole rings is 1. The molecule has 94 valence electrons. The number of aromatic nitrogens is 2. The minimum Gasteiger partial charge on any atom is -0.344 e. The average molecular weight is 289 g/mol. The van der Waals surface area contributed by atoms with Gasteiger partial charge in [-0.3, -0.25) is 0 Å². The molecule has 0 saturated heterocycles. The number of nitrogens with one attached hydrogen (secondary N) is 1. The summed E-state index contributed by atoms with van der Waals surface area (Å²) >= 11 is 12.0. The number of hydrogen-bond acceptors (Lipinski definition) is 1. The number of rotatable bonds is 2. The summed E-state index contributed by atoms with van der Waals surface area (Å²) < 4.78 is 0. The second-order valence-corrected chi connectivity index (χ2v) is 5.03. The summed E-state index contributed by atoms with van der Waals surface area (Å²) in [5.74, 6) is 0.753. The fourth-order valence-corrected chi connectivity index (χ4v) is 2.44. The third-order valence-electron chi connectivity index (χ3n) is 2.78. The lowest BCUT2D eigenvalue weighted by atomic mass is 10.2. The fraction of sp³-hybridized carbons (Fsp3) is 0. The zero-order valence-corrected chi connectivity index (χ0v) is 11.4. The van der Waals surface area contributed by atoms with Crippen molar-refractivity contribution >= 4 is 23.2 Å². The van der Waals surface area contributed by atoms with Crippen LogP contribution in [-0.4, -0.2) is 9.97 Å². The van der Waals surface area contributed by atoms with E-state index in [0.29, 0.717) is 10.0 Å². The van der Waals surface area contributed by atoms with E-state index in [1.807, 2.05) is 48.7 Å². The summed E-state index contributed by atoms with van der Waals surface area (Å²) in [7, 11) is 0. The third-order valence-corrected chi connectivity index (χ3v) is 3.22. The third kappa shape index (κ3) is 2.65. The molecular weight excluding hydrogens is 279 g/mol. The molecule has 1 N–H and O–H groups in total. The molecule has 3 rings (SSSR count). The van der Waals surface area contributed by atoms with Gasteiger partial charge >= 0.3 is 0 Å². The molecule has 0 radical (unpaired) electrons. The van der Waals surface area contributed by atoms with E-state index < -0.39 is 0 Å². The van der Waals surface area contributed by atoms with Gasteiger partial charge < -0.3 is 4.98 Å². The summed E-state index contributed by atoms with van der Waals surface area (Å²) in [5.41, 5.74) is 2.84. The Hall–Kier alpha value is -1.77. The second-order valence-electron chi connectivity index (χ2n) is 4.16. The molecule has 0 aliphatic carbocycles. The molecule has 0 fully saturated rings. The topological polar surface area (TPSA) is 28.7 Å². The number of benzene rings is 2. The first-order valence-corrected chi connectivity index (χ1v) is 6.55. The summed E-state index contributed by atoms with van der Waals surface area (Å²) in [5, 5.41) is 1.19. The van der Waals surface area contributed by atoms with Crippen molar-refractivity contribution < 1.29 is 0 Å². The highest BCUT2D eigenvalue weighted by Crippen LogP contribution is 2.27. The van der Waals surface area contributed by atoms with Gasteiger partial charge in [0, 0.05) is 27.4 Å². The molecule has 0 aliphatic heterocycles. The van der Waals surface area contributed by atoms with Gasteiger partial charge in [-0.1, -0.05) is 53.5 Å². The first kappa shape index (κ1) is 12.3. The van der Waals surface area contributed by atoms with Crippen molar-refractivity contribution in [2.45, 2.75) is 0 Å². The van der Waals surface area contributed by atoms with Crippen LogP contribution in [0.3, 0.4) is 0 Å². The van der Waals surface area contributed by atoms with Gasteiger partial charge in [0.15, 0.2) is 0 Å². The van der Waals surface area contributed by atoms with Crippen LogP contribution in [0.5, 0.6) is 0 Å². The minimum absolute atomic E-state index is 0.597. The molecule has 2 nitrogen and oxygen atoms in total. The first-order chi connectivity index (χ1) is 9.22. The van der Waals surface area contributed by atoms with E-state index in [1.54, 1.807) is 6.07 Å². The van der Waals surface area contributed by atoms with Crippen LogP contribution in [0.25, 0.3) is 22.6 Å². The molecule has 2 aromatic carbocycles. The normalized spacial score (nSPS) is 10.6. The molecule has 1 heterocycles. The summed E-state index contributed by atoms with van der Waals surface area (Å²) in [6, 6.07) is 15.4. The largest absolute Gasteiger partial charge is 0.344 e. The van der Waals surface area contributed by atoms with Crippen LogP contribution < -0.4 is 0 Å². The number of aromatic amines is 1. The van der Waals surface area contributed by atoms with E-state index in [9.17, 15) is 0 Å². The Bertz CT molecular complexity index is 685. The van der Waals surface area contributed by atoms with Crippen molar-refractivity contribution in [1.82, 2.24) is 9.97 Å². The van der Waals surface area contributed by atoms with Crippen LogP contribution in [0.1, 0.15) is 0 Å². The minimum atomic E-state index is 0.597. The Labute approximate surface area is 121 Å². The Kier molecular flexibility index (Phi) is 3.28. The number of halogens is 2. The SMILES string of the molecule is Clc1cc(Cl)cc(-c2nc(-c3ccccc3)c[nH]2)c1. The predicted molar refractivity (Wildman–Crippen MR) is 79.5 cm³/mol. The van der Waals surface area contributed by atoms with Crippen molar-refractivity contribution in [3.05, 3.63) is 64.8 Å². The van der Waals surface area contributed by atoms with Gasteiger partial charge in [-0.05, 0) is 18.2 Å². The quantitative estimate of drug-likeness (QED) is 0.702. The molecule has 3 aromatic rings. The second kappa shape index (κ2) is 5.08. The molecule has 0 amide bonds. The summed E-state index contributed by atoms with van der Waals surface area (Å²) in [6.45, 7) is 0. The van der Waals surface area contributed by atoms with Crippen LogP contribution in [0.15, 0.2) is 54.7 Å². The van der Waals surface area contributed by atoms with E-state index >= 15 is 0 Å². The van der Waals surface area contributed by atoms with Crippen LogP contribution in [0, 0.1) is 0 Å². The van der Waals surface area contributed by atoms with Crippen LogP contribution in [0.4, 0.5) is 0 Å². The van der Waals surface area contributed by atoms with Gasteiger partial charge in [0.25, 0.3) is 0 Å². The number of H-pyrrole nitrogens is 1. The van der Waals surface area contributed by atoms with Crippen molar-refractivity contribution in [3.63, 3.8) is 0 Å². The van der Waals surface area contributed by atoms with Crippen LogP contribution in [0.2, 0.25) is 10.0 Å². The summed E-state index contributed by atoms with van der Waals surface area (Å²) in [6.07, 6.45) is 1.87. The lowest BCUT2D eigenvalue weighted by Crippen LogP contribution is -1.82. The molecule has 4 heteroatoms. The first-order valence-electron chi connectivity index (χ1n) is 5.80. The zero-order valence-electron chi connectivity index (χ0n) is 9.90. The summed E-state index contributed by atoms with van der Waals surface area (Å²) in [4.78, 5) is 7.71. The molecule has 19 heavy (non-hydrogen) atoms. The van der Waals surface area contributed by atoms with Crippen LogP contribution >= 0.6 is 23.2 Å². The Morgan fingerprint density at radius 3 is 2.21 bits per heavy atom. The van der Waals surface area contributed by atoms with E-state index in [1.165, 1.54) is 0 Å². The zero-order chi connectivity index (χ0) is 13.2. The lowest BCUT2D eigenvalue weighted by molar-refractivity contribution is 1.31. The van der Waals surface area contributed by atoms with Gasteiger partial charge in [-0.25, -0.2) is 4.98 Å². The average Bonchev–Trinajstić information content (AvgIpc) is 2.88. The van der Waals surface area contributed by atoms with Crippen molar-refractivity contribution in [3.8, 4) is 22.6 Å². The van der Waals surface area contributed by atoms with E-state index in [4.69, 9.17) is 23.2 Å². The molecule has 0 saturated carbocycles. The maximum Gasteiger partial charge on any atom is 0.138 e. The number of hydrogen-bond donors (Lipinski definition) is 1. The molecule has 0 atom stereocenters. The monoisotopic (exact) mass is 288 g/mol. The molecule has 0 spiro atoms. The van der Waals surface area contributed by atoms with Gasteiger partial charge in [0.2, 0.25) is 0 Å². The molecule has 0 unspecified atom stereocenters. The maximum atomic E-state index is 6.00. The van der Waals surface area contributed by atoms with Crippen molar-refractivity contribution in [1.29, 1.82) is 0 Å². The molecule has 0 aliphatic rings. The Morgan fingerprint density at radius 1 is 0.842 bits per heavy atom. The molecule has 1 aromatic heterocycles. The van der Waals surface area contributed by atoms with Gasteiger partial charge in [0.05, 0.1) is 5.69 Å². The fourth-order valence-electron chi connectivity index (χ4n) is 1.92. The van der Waals surface area contributed by atoms with E-state index in [-0.39, 0.29) is 0 Å². The highest BCUT2D eigenvalue weighted by molar-refractivity contribution is 6.35. The molecular formula is C15H10Cl2N2. The van der Waals surface area contributed by atoms with E-state index in [2.05, 4.69) is 9.97 Å². The molecule has 0 bridgehead atoms. The maximum absolute atomic E-state index is 6.00. The van der Waals surface area contributed by atoms with Gasteiger partial charge in [-0.15, -0.1) is 0 Å². The Balaban J connectivity index is 2.02. The number of nitrogens with zero attached hydrogens (tertiary/aromatic N) is 1. The van der Waals surface area contributed by atoms with E-state index in [0.717, 1.165) is 22.6 Å². The standard InChI is InChI=1S/C15H10Cl2N2/c16-12-6-11(7-13(17)8-12)15-18-9-14(19-15)10-4-2-1-3-5-10/h1-9H,(H,18,19).